The van der Waals surface area contributed by atoms with Crippen LogP contribution in [0, 0.1) is 0 Å². The molecule has 2 heterocycles. The van der Waals surface area contributed by atoms with E-state index in [2.05, 4.69) is 181 Å². The van der Waals surface area contributed by atoms with Crippen molar-refractivity contribution in [1.82, 2.24) is 0 Å². The predicted octanol–water partition coefficient (Wildman–Crippen LogP) is 14.2. The van der Waals surface area contributed by atoms with E-state index in [1.807, 2.05) is 6.07 Å². The van der Waals surface area contributed by atoms with Crippen molar-refractivity contribution in [2.75, 3.05) is 4.90 Å². The zero-order valence-electron chi connectivity index (χ0n) is 28.9. The van der Waals surface area contributed by atoms with E-state index in [0.717, 1.165) is 78.5 Å². The van der Waals surface area contributed by atoms with Crippen LogP contribution in [-0.4, -0.2) is 0 Å². The smallest absolute Gasteiger partial charge is 0.143 e. The maximum atomic E-state index is 6.80. The van der Waals surface area contributed by atoms with E-state index in [1.54, 1.807) is 0 Å². The third-order valence-electron chi connectivity index (χ3n) is 10.9. The van der Waals surface area contributed by atoms with Crippen molar-refractivity contribution in [2.45, 2.75) is 12.3 Å². The molecule has 53 heavy (non-hydrogen) atoms. The maximum absolute atomic E-state index is 6.80. The van der Waals surface area contributed by atoms with E-state index in [0.29, 0.717) is 0 Å². The lowest BCUT2D eigenvalue weighted by atomic mass is 9.89. The Kier molecular flexibility index (Phi) is 6.68. The summed E-state index contributed by atoms with van der Waals surface area (Å²) < 4.78 is 13.3. The molecule has 10 aromatic rings. The monoisotopic (exact) mass is 679 g/mol. The fourth-order valence-corrected chi connectivity index (χ4v) is 8.43. The van der Waals surface area contributed by atoms with E-state index in [4.69, 9.17) is 8.83 Å². The van der Waals surface area contributed by atoms with E-state index in [1.165, 1.54) is 27.1 Å². The van der Waals surface area contributed by atoms with Crippen LogP contribution in [0.1, 0.15) is 17.9 Å². The first kappa shape index (κ1) is 29.8. The molecule has 0 bridgehead atoms. The van der Waals surface area contributed by atoms with E-state index >= 15 is 0 Å². The third kappa shape index (κ3) is 4.82. The summed E-state index contributed by atoms with van der Waals surface area (Å²) in [4.78, 5) is 2.43. The molecule has 8 aromatic carbocycles. The summed E-state index contributed by atoms with van der Waals surface area (Å²) in [6, 6.07) is 58.4. The quantitative estimate of drug-likeness (QED) is 0.181. The first-order valence-corrected chi connectivity index (χ1v) is 18.3. The van der Waals surface area contributed by atoms with Crippen LogP contribution in [0.2, 0.25) is 0 Å². The number of para-hydroxylation sites is 3. The first-order chi connectivity index (χ1) is 26.3. The molecular weight excluding hydrogens is 647 g/mol. The minimum atomic E-state index is 0.211. The number of rotatable bonds is 5. The minimum absolute atomic E-state index is 0.211. The fourth-order valence-electron chi connectivity index (χ4n) is 8.43. The Morgan fingerprint density at radius 3 is 2.06 bits per heavy atom. The molecule has 1 aliphatic rings. The summed E-state index contributed by atoms with van der Waals surface area (Å²) in [5.74, 6) is 0.211. The molecule has 2 aromatic heterocycles. The standard InChI is InChI=1S/C50H33NO2/c1-2-13-33-28-37(27-26-32(33)12-1)34-16-9-17-38(29-34)51(45-23-11-25-47-49(45)42-19-6-8-24-46(42)52-47)44-22-7-5-18-39(44)40-20-10-21-41-43-30-35-14-3-4-15-36(35)31-48(43)53-50(40)41/h1-15,17-31,34H,16H2. The Morgan fingerprint density at radius 2 is 1.15 bits per heavy atom. The number of allylic oxidation sites excluding steroid dienone is 3. The molecule has 0 spiro atoms. The number of benzene rings is 8. The van der Waals surface area contributed by atoms with Gasteiger partial charge in [0.1, 0.15) is 22.3 Å². The van der Waals surface area contributed by atoms with Gasteiger partial charge in [0.25, 0.3) is 0 Å². The van der Waals surface area contributed by atoms with Crippen molar-refractivity contribution in [3.05, 3.63) is 193 Å². The second kappa shape index (κ2) is 11.9. The molecule has 250 valence electrons. The molecule has 0 saturated carbocycles. The summed E-state index contributed by atoms with van der Waals surface area (Å²) in [6.07, 6.45) is 7.98. The zero-order chi connectivity index (χ0) is 34.9. The van der Waals surface area contributed by atoms with Gasteiger partial charge in [-0.25, -0.2) is 0 Å². The lowest BCUT2D eigenvalue weighted by Gasteiger charge is -2.31. The molecule has 3 heteroatoms. The number of nitrogens with zero attached hydrogens (tertiary/aromatic N) is 1. The lowest BCUT2D eigenvalue weighted by Crippen LogP contribution is -2.19. The van der Waals surface area contributed by atoms with Crippen molar-refractivity contribution in [3.63, 3.8) is 0 Å². The topological polar surface area (TPSA) is 29.5 Å². The number of furan rings is 2. The van der Waals surface area contributed by atoms with Crippen molar-refractivity contribution in [1.29, 1.82) is 0 Å². The SMILES string of the molecule is C1=CC(N(c2ccccc2-c2cccc3c2oc2cc4ccccc4cc23)c2cccc3oc4ccccc4c23)=CC(c2ccc3ccccc3c2)C1. The second-order valence-electron chi connectivity index (χ2n) is 14.0. The Hall–Kier alpha value is -6.84. The van der Waals surface area contributed by atoms with E-state index in [9.17, 15) is 0 Å². The summed E-state index contributed by atoms with van der Waals surface area (Å²) >= 11 is 0. The Bertz CT molecular complexity index is 3120. The maximum Gasteiger partial charge on any atom is 0.143 e. The Labute approximate surface area is 306 Å². The van der Waals surface area contributed by atoms with Crippen LogP contribution >= 0.6 is 0 Å². The summed E-state index contributed by atoms with van der Waals surface area (Å²) in [6.45, 7) is 0. The van der Waals surface area contributed by atoms with Gasteiger partial charge < -0.3 is 13.7 Å². The molecule has 1 unspecified atom stereocenters. The molecule has 0 fully saturated rings. The molecule has 0 radical (unpaired) electrons. The molecule has 11 rings (SSSR count). The highest BCUT2D eigenvalue weighted by molar-refractivity contribution is 6.16. The van der Waals surface area contributed by atoms with Crippen molar-refractivity contribution >= 4 is 76.8 Å². The Balaban J connectivity index is 1.15. The van der Waals surface area contributed by atoms with Crippen LogP contribution in [0.25, 0.3) is 76.5 Å². The predicted molar refractivity (Wildman–Crippen MR) is 221 cm³/mol. The molecule has 0 saturated heterocycles. The number of hydrogen-bond acceptors (Lipinski definition) is 3. The summed E-state index contributed by atoms with van der Waals surface area (Å²) in [5, 5.41) is 9.32. The van der Waals surface area contributed by atoms with Gasteiger partial charge in [-0.1, -0.05) is 140 Å². The van der Waals surface area contributed by atoms with Gasteiger partial charge in [0.05, 0.1) is 16.8 Å². The largest absolute Gasteiger partial charge is 0.456 e. The van der Waals surface area contributed by atoms with Gasteiger partial charge in [0.2, 0.25) is 0 Å². The average molecular weight is 680 g/mol. The van der Waals surface area contributed by atoms with Gasteiger partial charge in [-0.05, 0) is 76.0 Å². The number of hydrogen-bond donors (Lipinski definition) is 0. The highest BCUT2D eigenvalue weighted by Crippen LogP contribution is 2.47. The number of fused-ring (bicyclic) bond motifs is 8. The van der Waals surface area contributed by atoms with Gasteiger partial charge in [0.15, 0.2) is 0 Å². The summed E-state index contributed by atoms with van der Waals surface area (Å²) in [5.41, 5.74) is 10.2. The normalized spacial score (nSPS) is 14.6. The van der Waals surface area contributed by atoms with E-state index < -0.39 is 0 Å². The Morgan fingerprint density at radius 1 is 0.472 bits per heavy atom. The summed E-state index contributed by atoms with van der Waals surface area (Å²) in [7, 11) is 0. The van der Waals surface area contributed by atoms with Crippen LogP contribution in [-0.2, 0) is 0 Å². The van der Waals surface area contributed by atoms with Gasteiger partial charge in [-0.2, -0.15) is 0 Å². The van der Waals surface area contributed by atoms with Crippen molar-refractivity contribution in [3.8, 4) is 11.1 Å². The molecule has 3 nitrogen and oxygen atoms in total. The lowest BCUT2D eigenvalue weighted by molar-refractivity contribution is 0.669. The average Bonchev–Trinajstić information content (AvgIpc) is 3.79. The molecule has 1 atom stereocenters. The van der Waals surface area contributed by atoms with Gasteiger partial charge in [-0.3, -0.25) is 0 Å². The van der Waals surface area contributed by atoms with Gasteiger partial charge in [0, 0.05) is 38.9 Å². The minimum Gasteiger partial charge on any atom is -0.456 e. The van der Waals surface area contributed by atoms with Crippen LogP contribution in [0.4, 0.5) is 11.4 Å². The number of anilines is 2. The van der Waals surface area contributed by atoms with Gasteiger partial charge in [-0.15, -0.1) is 0 Å². The van der Waals surface area contributed by atoms with Crippen LogP contribution in [0.5, 0.6) is 0 Å². The van der Waals surface area contributed by atoms with Crippen LogP contribution < -0.4 is 4.90 Å². The molecule has 1 aliphatic carbocycles. The fraction of sp³-hybridized carbons (Fsp3) is 0.0400. The van der Waals surface area contributed by atoms with Crippen molar-refractivity contribution < 1.29 is 8.83 Å². The molecule has 0 amide bonds. The highest BCUT2D eigenvalue weighted by atomic mass is 16.3. The molecule has 0 aliphatic heterocycles. The van der Waals surface area contributed by atoms with Crippen LogP contribution in [0.15, 0.2) is 197 Å². The third-order valence-corrected chi connectivity index (χ3v) is 10.9. The van der Waals surface area contributed by atoms with Gasteiger partial charge >= 0.3 is 0 Å². The first-order valence-electron chi connectivity index (χ1n) is 18.3. The molecule has 0 N–H and O–H groups in total. The highest BCUT2D eigenvalue weighted by Gasteiger charge is 2.26. The van der Waals surface area contributed by atoms with Crippen molar-refractivity contribution in [2.24, 2.45) is 0 Å². The zero-order valence-corrected chi connectivity index (χ0v) is 28.9. The molecular formula is C50H33NO2. The van der Waals surface area contributed by atoms with E-state index in [-0.39, 0.29) is 5.92 Å². The van der Waals surface area contributed by atoms with Crippen LogP contribution in [0.3, 0.4) is 0 Å². The second-order valence-corrected chi connectivity index (χ2v) is 14.0.